The number of fused-ring (bicyclic) bond motifs is 6. The molecule has 4 aromatic carbocycles. The first-order valence-electron chi connectivity index (χ1n) is 13.6. The maximum atomic E-state index is 12.1. The van der Waals surface area contributed by atoms with Crippen LogP contribution < -0.4 is 0 Å². The molecule has 5 atom stereocenters. The van der Waals surface area contributed by atoms with E-state index in [1.807, 2.05) is 30.5 Å². The van der Waals surface area contributed by atoms with Crippen molar-refractivity contribution in [1.82, 2.24) is 4.98 Å². The molecule has 0 aliphatic carbocycles. The highest BCUT2D eigenvalue weighted by Gasteiger charge is 2.54. The van der Waals surface area contributed by atoms with Gasteiger partial charge in [-0.15, -0.1) is 6.58 Å². The van der Waals surface area contributed by atoms with Crippen LogP contribution in [0.4, 0.5) is 0 Å². The number of para-hydroxylation sites is 1. The highest BCUT2D eigenvalue weighted by Crippen LogP contribution is 2.49. The molecule has 3 nitrogen and oxygen atoms in total. The summed E-state index contributed by atoms with van der Waals surface area (Å²) in [5.74, 6) is 1.09. The van der Waals surface area contributed by atoms with Crippen LogP contribution in [0.5, 0.6) is 0 Å². The van der Waals surface area contributed by atoms with Crippen LogP contribution in [0.25, 0.3) is 32.4 Å². The summed E-state index contributed by atoms with van der Waals surface area (Å²) < 4.78 is 0.906. The topological polar surface area (TPSA) is 33.1 Å². The van der Waals surface area contributed by atoms with E-state index >= 15 is 0 Å². The van der Waals surface area contributed by atoms with E-state index < -0.39 is 6.10 Å². The molecule has 1 aromatic heterocycles. The summed E-state index contributed by atoms with van der Waals surface area (Å²) in [5, 5.41) is 18.4. The largest absolute Gasteiger partial charge is 0.382 e. The van der Waals surface area contributed by atoms with Crippen LogP contribution in [-0.2, 0) is 6.54 Å². The SMILES string of the molecule is C=C[C@H]1C[N@+]2(Cc3c4ccccc4cc4ccccc34)CCC1C[C@@H]2[C@H](O)c1ccnc2ccccc12. The Kier molecular flexibility index (Phi) is 5.38. The molecule has 0 saturated carbocycles. The lowest BCUT2D eigenvalue weighted by atomic mass is 9.71. The van der Waals surface area contributed by atoms with Crippen molar-refractivity contribution >= 4 is 32.4 Å². The van der Waals surface area contributed by atoms with Crippen molar-refractivity contribution in [3.05, 3.63) is 115 Å². The normalized spacial score (nSPS) is 26.0. The van der Waals surface area contributed by atoms with Crippen molar-refractivity contribution in [2.24, 2.45) is 11.8 Å². The van der Waals surface area contributed by atoms with E-state index in [4.69, 9.17) is 0 Å². The predicted octanol–water partition coefficient (Wildman–Crippen LogP) is 7.19. The summed E-state index contributed by atoms with van der Waals surface area (Å²) in [6, 6.07) is 30.3. The molecular weight excluding hydrogens is 452 g/mol. The van der Waals surface area contributed by atoms with Gasteiger partial charge in [0.2, 0.25) is 0 Å². The van der Waals surface area contributed by atoms with E-state index in [0.29, 0.717) is 11.8 Å². The maximum absolute atomic E-state index is 12.1. The molecule has 2 bridgehead atoms. The molecule has 1 N–H and O–H groups in total. The summed E-state index contributed by atoms with van der Waals surface area (Å²) in [6.45, 7) is 7.28. The molecule has 3 fully saturated rings. The lowest BCUT2D eigenvalue weighted by Crippen LogP contribution is -2.67. The highest BCUT2D eigenvalue weighted by molar-refractivity contribution is 6.02. The van der Waals surface area contributed by atoms with E-state index in [2.05, 4.69) is 78.3 Å². The molecule has 4 heterocycles. The zero-order valence-corrected chi connectivity index (χ0v) is 21.1. The molecule has 3 aliphatic heterocycles. The van der Waals surface area contributed by atoms with Crippen LogP contribution in [0, 0.1) is 11.8 Å². The Bertz CT molecular complexity index is 1580. The van der Waals surface area contributed by atoms with Gasteiger partial charge in [0.15, 0.2) is 0 Å². The highest BCUT2D eigenvalue weighted by atomic mass is 16.3. The quantitative estimate of drug-likeness (QED) is 0.162. The van der Waals surface area contributed by atoms with Gasteiger partial charge >= 0.3 is 0 Å². The summed E-state index contributed by atoms with van der Waals surface area (Å²) >= 11 is 0. The zero-order chi connectivity index (χ0) is 25.0. The van der Waals surface area contributed by atoms with Gasteiger partial charge in [0.05, 0.1) is 18.6 Å². The molecule has 3 saturated heterocycles. The third-order valence-corrected chi connectivity index (χ3v) is 9.40. The third kappa shape index (κ3) is 3.60. The van der Waals surface area contributed by atoms with E-state index in [1.165, 1.54) is 33.5 Å². The van der Waals surface area contributed by atoms with Gasteiger partial charge in [0.1, 0.15) is 18.7 Å². The number of aliphatic hydroxyl groups is 1. The van der Waals surface area contributed by atoms with Crippen LogP contribution in [0.15, 0.2) is 104 Å². The molecule has 8 rings (SSSR count). The number of rotatable bonds is 5. The van der Waals surface area contributed by atoms with Gasteiger partial charge in [-0.3, -0.25) is 4.98 Å². The Balaban J connectivity index is 1.39. The minimum absolute atomic E-state index is 0.137. The fourth-order valence-corrected chi connectivity index (χ4v) is 7.56. The van der Waals surface area contributed by atoms with Crippen LogP contribution in [0.1, 0.15) is 30.1 Å². The van der Waals surface area contributed by atoms with Crippen molar-refractivity contribution in [1.29, 1.82) is 0 Å². The van der Waals surface area contributed by atoms with Gasteiger partial charge in [-0.1, -0.05) is 72.8 Å². The standard InChI is InChI=1S/C34H33N2O/c1-2-23-21-36(22-31-27-11-5-3-9-25(27)19-26-10-4-6-12-28(26)31)18-16-24(23)20-33(36)34(37)30-15-17-35-32-14-8-7-13-29(30)32/h2-15,17,19,23-24,33-34,37H,1,16,18,20-22H2/q+1/t23-,24?,33+,34+,36-/m0/s1. The molecule has 37 heavy (non-hydrogen) atoms. The Morgan fingerprint density at radius 1 is 0.919 bits per heavy atom. The van der Waals surface area contributed by atoms with Gasteiger partial charge in [0, 0.05) is 35.9 Å². The second-order valence-electron chi connectivity index (χ2n) is 11.2. The Morgan fingerprint density at radius 2 is 1.59 bits per heavy atom. The fraction of sp³-hybridized carbons (Fsp3) is 0.265. The molecule has 0 spiro atoms. The first-order valence-corrected chi connectivity index (χ1v) is 13.6. The number of hydrogen-bond acceptors (Lipinski definition) is 2. The summed E-state index contributed by atoms with van der Waals surface area (Å²) in [5.41, 5.74) is 3.37. The van der Waals surface area contributed by atoms with Crippen molar-refractivity contribution in [2.75, 3.05) is 13.1 Å². The van der Waals surface area contributed by atoms with Crippen molar-refractivity contribution in [3.63, 3.8) is 0 Å². The fourth-order valence-electron chi connectivity index (χ4n) is 7.56. The maximum Gasteiger partial charge on any atom is 0.131 e. The third-order valence-electron chi connectivity index (χ3n) is 9.40. The molecule has 0 radical (unpaired) electrons. The molecular formula is C34H33N2O+. The second-order valence-corrected chi connectivity index (χ2v) is 11.2. The molecule has 1 unspecified atom stereocenters. The molecule has 5 aromatic rings. The van der Waals surface area contributed by atoms with E-state index in [-0.39, 0.29) is 6.04 Å². The van der Waals surface area contributed by atoms with Crippen LogP contribution in [0.2, 0.25) is 0 Å². The Morgan fingerprint density at radius 3 is 2.32 bits per heavy atom. The number of pyridine rings is 1. The Labute approximate surface area is 218 Å². The van der Waals surface area contributed by atoms with Crippen molar-refractivity contribution in [3.8, 4) is 0 Å². The number of piperidine rings is 3. The number of quaternary nitrogens is 1. The molecule has 184 valence electrons. The lowest BCUT2D eigenvalue weighted by molar-refractivity contribution is -0.984. The van der Waals surface area contributed by atoms with Gasteiger partial charge in [-0.2, -0.15) is 0 Å². The second kappa shape index (κ2) is 8.79. The predicted molar refractivity (Wildman–Crippen MR) is 152 cm³/mol. The minimum Gasteiger partial charge on any atom is -0.382 e. The van der Waals surface area contributed by atoms with Gasteiger partial charge in [-0.25, -0.2) is 0 Å². The van der Waals surface area contributed by atoms with E-state index in [0.717, 1.165) is 47.0 Å². The lowest BCUT2D eigenvalue weighted by Gasteiger charge is -2.58. The van der Waals surface area contributed by atoms with Gasteiger partial charge < -0.3 is 9.59 Å². The number of nitrogens with zero attached hydrogens (tertiary/aromatic N) is 2. The zero-order valence-electron chi connectivity index (χ0n) is 21.1. The molecule has 3 aliphatic rings. The van der Waals surface area contributed by atoms with E-state index in [9.17, 15) is 5.11 Å². The van der Waals surface area contributed by atoms with Crippen LogP contribution >= 0.6 is 0 Å². The number of benzene rings is 4. The minimum atomic E-state index is -0.539. The molecule has 0 amide bonds. The Hall–Kier alpha value is -3.53. The van der Waals surface area contributed by atoms with Crippen molar-refractivity contribution < 1.29 is 9.59 Å². The molecule has 3 heteroatoms. The van der Waals surface area contributed by atoms with E-state index in [1.54, 1.807) is 0 Å². The monoisotopic (exact) mass is 485 g/mol. The van der Waals surface area contributed by atoms with Crippen LogP contribution in [0.3, 0.4) is 0 Å². The summed E-state index contributed by atoms with van der Waals surface area (Å²) in [6.07, 6.45) is 5.72. The average molecular weight is 486 g/mol. The number of hydrogen-bond donors (Lipinski definition) is 1. The smallest absolute Gasteiger partial charge is 0.131 e. The first-order chi connectivity index (χ1) is 18.2. The van der Waals surface area contributed by atoms with Crippen LogP contribution in [-0.4, -0.2) is 33.7 Å². The number of aliphatic hydroxyl groups excluding tert-OH is 1. The van der Waals surface area contributed by atoms with Crippen molar-refractivity contribution in [2.45, 2.75) is 31.5 Å². The summed E-state index contributed by atoms with van der Waals surface area (Å²) in [7, 11) is 0. The van der Waals surface area contributed by atoms with Gasteiger partial charge in [-0.05, 0) is 51.2 Å². The average Bonchev–Trinajstić information content (AvgIpc) is 2.96. The number of aromatic nitrogens is 1. The summed E-state index contributed by atoms with van der Waals surface area (Å²) in [4.78, 5) is 4.57. The van der Waals surface area contributed by atoms with Gasteiger partial charge in [0.25, 0.3) is 0 Å². The first kappa shape index (κ1) is 22.7.